The molecule has 20 heavy (non-hydrogen) atoms. The molecule has 0 fully saturated rings. The van der Waals surface area contributed by atoms with Gasteiger partial charge in [0.15, 0.2) is 11.5 Å². The third kappa shape index (κ3) is 2.38. The summed E-state index contributed by atoms with van der Waals surface area (Å²) in [5, 5.41) is 12.7. The van der Waals surface area contributed by atoms with Crippen LogP contribution in [-0.2, 0) is 4.84 Å². The van der Waals surface area contributed by atoms with Crippen LogP contribution in [0.4, 0.5) is 13.2 Å². The van der Waals surface area contributed by atoms with E-state index in [1.807, 2.05) is 0 Å². The van der Waals surface area contributed by atoms with Crippen molar-refractivity contribution in [2.45, 2.75) is 18.4 Å². The summed E-state index contributed by atoms with van der Waals surface area (Å²) < 4.78 is 47.9. The Kier molecular flexibility index (Phi) is 3.51. The number of alkyl halides is 3. The van der Waals surface area contributed by atoms with E-state index in [9.17, 15) is 18.3 Å². The normalized spacial score (nSPS) is 22.2. The van der Waals surface area contributed by atoms with Crippen molar-refractivity contribution in [2.75, 3.05) is 14.2 Å². The van der Waals surface area contributed by atoms with Crippen molar-refractivity contribution in [3.63, 3.8) is 0 Å². The molecule has 8 heteroatoms. The molecule has 1 heterocycles. The fourth-order valence-electron chi connectivity index (χ4n) is 1.74. The van der Waals surface area contributed by atoms with Crippen LogP contribution in [0.25, 0.3) is 0 Å². The molecule has 1 aromatic carbocycles. The minimum absolute atomic E-state index is 0.0224. The number of hydrogen-bond donors (Lipinski definition) is 1. The highest BCUT2D eigenvalue weighted by Gasteiger charge is 2.60. The Hall–Kier alpha value is -1.96. The lowest BCUT2D eigenvalue weighted by Crippen LogP contribution is -2.45. The molecule has 0 amide bonds. The number of benzene rings is 1. The maximum absolute atomic E-state index is 12.6. The average molecular weight is 291 g/mol. The quantitative estimate of drug-likeness (QED) is 0.926. The molecule has 0 bridgehead atoms. The van der Waals surface area contributed by atoms with Gasteiger partial charge in [0.25, 0.3) is 0 Å². The van der Waals surface area contributed by atoms with Crippen LogP contribution in [0.15, 0.2) is 23.4 Å². The van der Waals surface area contributed by atoms with Gasteiger partial charge in [0, 0.05) is 5.56 Å². The predicted octanol–water partition coefficient (Wildman–Crippen LogP) is 2.08. The van der Waals surface area contributed by atoms with Gasteiger partial charge < -0.3 is 19.4 Å². The number of rotatable bonds is 3. The SMILES string of the molecule is COc1ccc(C2=NO[C@](O)(C(F)(F)F)C2)cc1OC. The summed E-state index contributed by atoms with van der Waals surface area (Å²) in [5.41, 5.74) is 0.327. The van der Waals surface area contributed by atoms with E-state index in [4.69, 9.17) is 9.47 Å². The standard InChI is InChI=1S/C12H12F3NO4/c1-18-9-4-3-7(5-10(9)19-2)8-6-11(17,20-16-8)12(13,14)15/h3-5,17H,6H2,1-2H3/t11-/m0/s1. The largest absolute Gasteiger partial charge is 0.493 e. The van der Waals surface area contributed by atoms with Crippen LogP contribution in [0.5, 0.6) is 11.5 Å². The van der Waals surface area contributed by atoms with Gasteiger partial charge in [-0.25, -0.2) is 0 Å². The molecule has 5 nitrogen and oxygen atoms in total. The third-order valence-electron chi connectivity index (χ3n) is 2.87. The summed E-state index contributed by atoms with van der Waals surface area (Å²) in [7, 11) is 2.84. The van der Waals surface area contributed by atoms with Crippen molar-refractivity contribution in [2.24, 2.45) is 5.16 Å². The van der Waals surface area contributed by atoms with Gasteiger partial charge in [-0.2, -0.15) is 13.2 Å². The molecule has 110 valence electrons. The Bertz CT molecular complexity index is 544. The molecule has 0 spiro atoms. The zero-order valence-electron chi connectivity index (χ0n) is 10.7. The second-order valence-electron chi connectivity index (χ2n) is 4.16. The summed E-state index contributed by atoms with van der Waals surface area (Å²) in [6.07, 6.45) is -5.71. The van der Waals surface area contributed by atoms with Crippen LogP contribution >= 0.6 is 0 Å². The lowest BCUT2D eigenvalue weighted by molar-refractivity contribution is -0.355. The van der Waals surface area contributed by atoms with Crippen LogP contribution in [-0.4, -0.2) is 37.0 Å². The smallest absolute Gasteiger partial charge is 0.458 e. The number of halogens is 3. The van der Waals surface area contributed by atoms with E-state index in [1.54, 1.807) is 0 Å². The maximum atomic E-state index is 12.6. The number of methoxy groups -OCH3 is 2. The number of hydrogen-bond acceptors (Lipinski definition) is 5. The van der Waals surface area contributed by atoms with E-state index in [-0.39, 0.29) is 5.71 Å². The van der Waals surface area contributed by atoms with Crippen molar-refractivity contribution >= 4 is 5.71 Å². The minimum atomic E-state index is -4.92. The third-order valence-corrected chi connectivity index (χ3v) is 2.87. The molecule has 1 aromatic rings. The fourth-order valence-corrected chi connectivity index (χ4v) is 1.74. The van der Waals surface area contributed by atoms with Gasteiger partial charge in [-0.05, 0) is 18.2 Å². The Balaban J connectivity index is 2.27. The lowest BCUT2D eigenvalue weighted by atomic mass is 10.0. The van der Waals surface area contributed by atoms with Gasteiger partial charge in [0.05, 0.1) is 26.4 Å². The first kappa shape index (κ1) is 14.4. The summed E-state index contributed by atoms with van der Waals surface area (Å²) in [4.78, 5) is 4.15. The van der Waals surface area contributed by atoms with Crippen LogP contribution in [0.2, 0.25) is 0 Å². The van der Waals surface area contributed by atoms with Crippen molar-refractivity contribution < 1.29 is 32.6 Å². The predicted molar refractivity (Wildman–Crippen MR) is 62.8 cm³/mol. The Morgan fingerprint density at radius 2 is 1.90 bits per heavy atom. The summed E-state index contributed by atoms with van der Waals surface area (Å²) in [6.45, 7) is 0. The first-order chi connectivity index (χ1) is 9.30. The van der Waals surface area contributed by atoms with Crippen LogP contribution in [0, 0.1) is 0 Å². The van der Waals surface area contributed by atoms with Crippen molar-refractivity contribution in [3.8, 4) is 11.5 Å². The topological polar surface area (TPSA) is 60.3 Å². The summed E-state index contributed by atoms with van der Waals surface area (Å²) in [5.74, 6) is -2.51. The number of oxime groups is 1. The molecular weight excluding hydrogens is 279 g/mol. The van der Waals surface area contributed by atoms with E-state index in [2.05, 4.69) is 9.99 Å². The van der Waals surface area contributed by atoms with Gasteiger partial charge in [-0.15, -0.1) is 0 Å². The van der Waals surface area contributed by atoms with E-state index in [0.717, 1.165) is 0 Å². The number of ether oxygens (including phenoxy) is 2. The Morgan fingerprint density at radius 3 is 2.40 bits per heavy atom. The highest BCUT2D eigenvalue weighted by atomic mass is 19.4. The Morgan fingerprint density at radius 1 is 1.25 bits per heavy atom. The zero-order chi connectivity index (χ0) is 15.0. The van der Waals surface area contributed by atoms with E-state index in [0.29, 0.717) is 17.1 Å². The molecule has 2 rings (SSSR count). The van der Waals surface area contributed by atoms with E-state index >= 15 is 0 Å². The van der Waals surface area contributed by atoms with E-state index < -0.39 is 18.4 Å². The van der Waals surface area contributed by atoms with Crippen molar-refractivity contribution in [1.29, 1.82) is 0 Å². The number of aliphatic hydroxyl groups is 1. The Labute approximate surface area is 112 Å². The minimum Gasteiger partial charge on any atom is -0.493 e. The molecular formula is C12H12F3NO4. The monoisotopic (exact) mass is 291 g/mol. The van der Waals surface area contributed by atoms with Crippen molar-refractivity contribution in [3.05, 3.63) is 23.8 Å². The van der Waals surface area contributed by atoms with Crippen LogP contribution in [0.3, 0.4) is 0 Å². The molecule has 0 radical (unpaired) electrons. The number of nitrogens with zero attached hydrogens (tertiary/aromatic N) is 1. The molecule has 0 saturated carbocycles. The second-order valence-corrected chi connectivity index (χ2v) is 4.16. The molecule has 0 aromatic heterocycles. The van der Waals surface area contributed by atoms with E-state index in [1.165, 1.54) is 32.4 Å². The summed E-state index contributed by atoms with van der Waals surface area (Å²) in [6, 6.07) is 4.50. The van der Waals surface area contributed by atoms with Gasteiger partial charge >= 0.3 is 12.0 Å². The first-order valence-corrected chi connectivity index (χ1v) is 5.57. The molecule has 0 unspecified atom stereocenters. The highest BCUT2D eigenvalue weighted by Crippen LogP contribution is 2.39. The molecule has 1 N–H and O–H groups in total. The molecule has 0 saturated heterocycles. The highest BCUT2D eigenvalue weighted by molar-refractivity contribution is 6.02. The molecule has 0 aliphatic carbocycles. The lowest BCUT2D eigenvalue weighted by Gasteiger charge is -2.22. The molecule has 1 aliphatic rings. The maximum Gasteiger partial charge on any atom is 0.458 e. The average Bonchev–Trinajstić information content (AvgIpc) is 2.81. The zero-order valence-corrected chi connectivity index (χ0v) is 10.7. The van der Waals surface area contributed by atoms with Gasteiger partial charge in [0.2, 0.25) is 0 Å². The van der Waals surface area contributed by atoms with Gasteiger partial charge in [0.1, 0.15) is 0 Å². The summed E-state index contributed by atoms with van der Waals surface area (Å²) >= 11 is 0. The second kappa shape index (κ2) is 4.86. The van der Waals surface area contributed by atoms with Crippen LogP contribution in [0.1, 0.15) is 12.0 Å². The van der Waals surface area contributed by atoms with Crippen LogP contribution < -0.4 is 9.47 Å². The van der Waals surface area contributed by atoms with Crippen molar-refractivity contribution in [1.82, 2.24) is 0 Å². The fraction of sp³-hybridized carbons (Fsp3) is 0.417. The molecule has 1 aliphatic heterocycles. The van der Waals surface area contributed by atoms with Gasteiger partial charge in [-0.3, -0.25) is 0 Å². The molecule has 1 atom stereocenters. The first-order valence-electron chi connectivity index (χ1n) is 5.57. The van der Waals surface area contributed by atoms with Gasteiger partial charge in [-0.1, -0.05) is 5.16 Å².